The Kier molecular flexibility index (Phi) is 8.49. The van der Waals surface area contributed by atoms with Crippen LogP contribution in [0.5, 0.6) is 0 Å². The Labute approximate surface area is 119 Å². The van der Waals surface area contributed by atoms with Gasteiger partial charge in [0.15, 0.2) is 5.96 Å². The summed E-state index contributed by atoms with van der Waals surface area (Å²) in [5.41, 5.74) is 5.64. The maximum Gasteiger partial charge on any atom is 0.320 e. The first-order chi connectivity index (χ1) is 9.29. The number of carbonyl (C=O) groups is 2. The summed E-state index contributed by atoms with van der Waals surface area (Å²) in [5.74, 6) is -1.44. The molecule has 2 atom stereocenters. The molecule has 0 heterocycles. The van der Waals surface area contributed by atoms with Gasteiger partial charge in [-0.05, 0) is 25.8 Å². The Balaban J connectivity index is 3.90. The van der Waals surface area contributed by atoms with Gasteiger partial charge in [-0.3, -0.25) is 20.3 Å². The van der Waals surface area contributed by atoms with Crippen LogP contribution in [-0.4, -0.2) is 48.6 Å². The van der Waals surface area contributed by atoms with Gasteiger partial charge in [-0.15, -0.1) is 0 Å². The second-order valence-electron chi connectivity index (χ2n) is 4.88. The summed E-state index contributed by atoms with van der Waals surface area (Å²) in [6, 6.07) is -1.26. The van der Waals surface area contributed by atoms with Gasteiger partial charge in [0.1, 0.15) is 6.04 Å². The van der Waals surface area contributed by atoms with Crippen molar-refractivity contribution in [1.82, 2.24) is 16.0 Å². The molecule has 7 N–H and O–H groups in total. The van der Waals surface area contributed by atoms with E-state index in [4.69, 9.17) is 16.2 Å². The van der Waals surface area contributed by atoms with Gasteiger partial charge in [0.2, 0.25) is 5.91 Å². The fraction of sp³-hybridized carbons (Fsp3) is 0.750. The van der Waals surface area contributed by atoms with Crippen LogP contribution in [0.25, 0.3) is 0 Å². The highest BCUT2D eigenvalue weighted by atomic mass is 16.4. The highest BCUT2D eigenvalue weighted by Gasteiger charge is 2.18. The maximum atomic E-state index is 11.6. The molecule has 0 aliphatic rings. The average Bonchev–Trinajstić information content (AvgIpc) is 2.36. The summed E-state index contributed by atoms with van der Waals surface area (Å²) in [7, 11) is 1.59. The number of amides is 1. The van der Waals surface area contributed by atoms with Crippen LogP contribution >= 0.6 is 0 Å². The topological polar surface area (TPSA) is 140 Å². The molecule has 0 bridgehead atoms. The molecular formula is C12H25N5O3. The van der Waals surface area contributed by atoms with Gasteiger partial charge in [0.05, 0.1) is 6.04 Å². The monoisotopic (exact) mass is 287 g/mol. The number of rotatable bonds is 8. The number of likely N-dealkylation sites (N-methyl/N-ethyl adjacent to an activating group) is 1. The van der Waals surface area contributed by atoms with E-state index in [1.807, 2.05) is 13.8 Å². The van der Waals surface area contributed by atoms with E-state index in [9.17, 15) is 9.59 Å². The molecule has 1 amide bonds. The number of aliphatic carboxylic acids is 1. The zero-order valence-corrected chi connectivity index (χ0v) is 12.2. The normalized spacial score (nSPS) is 13.7. The van der Waals surface area contributed by atoms with Crippen LogP contribution in [0.2, 0.25) is 0 Å². The van der Waals surface area contributed by atoms with Crippen molar-refractivity contribution >= 4 is 17.8 Å². The summed E-state index contributed by atoms with van der Waals surface area (Å²) in [5, 5.41) is 24.1. The largest absolute Gasteiger partial charge is 0.480 e. The van der Waals surface area contributed by atoms with Crippen molar-refractivity contribution in [2.75, 3.05) is 13.6 Å². The molecule has 0 aromatic rings. The maximum absolute atomic E-state index is 11.6. The first-order valence-electron chi connectivity index (χ1n) is 6.58. The standard InChI is InChI=1S/C12H25N5O3/c1-7(2)9(13)10(18)17-12(14)16-6-4-5-8(15-3)11(19)20/h7-9,15H,4-6,13H2,1-3H3,(H,19,20)(H3,14,16,17,18)/t8-,9-/m0/s1. The molecule has 20 heavy (non-hydrogen) atoms. The minimum Gasteiger partial charge on any atom is -0.480 e. The molecule has 0 fully saturated rings. The van der Waals surface area contributed by atoms with Crippen LogP contribution in [0.3, 0.4) is 0 Å². The third-order valence-corrected chi connectivity index (χ3v) is 2.89. The molecule has 116 valence electrons. The van der Waals surface area contributed by atoms with Gasteiger partial charge in [-0.1, -0.05) is 13.8 Å². The predicted octanol–water partition coefficient (Wildman–Crippen LogP) is -0.937. The zero-order chi connectivity index (χ0) is 15.7. The van der Waals surface area contributed by atoms with E-state index in [-0.39, 0.29) is 11.9 Å². The number of nitrogens with one attached hydrogen (secondary N) is 4. The molecule has 0 spiro atoms. The number of carbonyl (C=O) groups excluding carboxylic acids is 1. The number of carboxylic acid groups (broad SMARTS) is 1. The highest BCUT2D eigenvalue weighted by Crippen LogP contribution is 1.98. The summed E-state index contributed by atoms with van der Waals surface area (Å²) < 4.78 is 0. The molecule has 0 saturated heterocycles. The number of carboxylic acids is 1. The van der Waals surface area contributed by atoms with Gasteiger partial charge in [-0.25, -0.2) is 0 Å². The zero-order valence-electron chi connectivity index (χ0n) is 12.2. The fourth-order valence-corrected chi connectivity index (χ4v) is 1.46. The minimum atomic E-state index is -0.904. The van der Waals surface area contributed by atoms with Gasteiger partial charge >= 0.3 is 5.97 Å². The molecular weight excluding hydrogens is 262 g/mol. The number of hydrogen-bond donors (Lipinski definition) is 6. The lowest BCUT2D eigenvalue weighted by molar-refractivity contribution is -0.139. The Morgan fingerprint density at radius 1 is 1.35 bits per heavy atom. The van der Waals surface area contributed by atoms with Crippen molar-refractivity contribution in [3.8, 4) is 0 Å². The van der Waals surface area contributed by atoms with Crippen LogP contribution in [0.15, 0.2) is 0 Å². The van der Waals surface area contributed by atoms with Crippen molar-refractivity contribution < 1.29 is 14.7 Å². The first kappa shape index (κ1) is 18.3. The first-order valence-corrected chi connectivity index (χ1v) is 6.58. The minimum absolute atomic E-state index is 0.00486. The van der Waals surface area contributed by atoms with Crippen LogP contribution in [0.1, 0.15) is 26.7 Å². The lowest BCUT2D eigenvalue weighted by Crippen LogP contribution is -2.49. The van der Waals surface area contributed by atoms with E-state index >= 15 is 0 Å². The van der Waals surface area contributed by atoms with E-state index in [1.165, 1.54) is 0 Å². The molecule has 0 aromatic carbocycles. The van der Waals surface area contributed by atoms with E-state index < -0.39 is 24.0 Å². The average molecular weight is 287 g/mol. The Morgan fingerprint density at radius 2 is 1.95 bits per heavy atom. The van der Waals surface area contributed by atoms with Crippen LogP contribution in [0.4, 0.5) is 0 Å². The number of guanidine groups is 1. The Hall–Kier alpha value is -1.67. The molecule has 0 radical (unpaired) electrons. The molecule has 0 rings (SSSR count). The van der Waals surface area contributed by atoms with Crippen LogP contribution in [0, 0.1) is 11.3 Å². The smallest absolute Gasteiger partial charge is 0.320 e. The molecule has 8 nitrogen and oxygen atoms in total. The van der Waals surface area contributed by atoms with Crippen LogP contribution in [-0.2, 0) is 9.59 Å². The van der Waals surface area contributed by atoms with E-state index in [0.717, 1.165) is 0 Å². The molecule has 0 aromatic heterocycles. The van der Waals surface area contributed by atoms with Crippen molar-refractivity contribution in [1.29, 1.82) is 5.41 Å². The summed E-state index contributed by atoms with van der Waals surface area (Å²) >= 11 is 0. The fourth-order valence-electron chi connectivity index (χ4n) is 1.46. The third-order valence-electron chi connectivity index (χ3n) is 2.89. The quantitative estimate of drug-likeness (QED) is 0.193. The Morgan fingerprint density at radius 3 is 2.40 bits per heavy atom. The summed E-state index contributed by atoms with van der Waals surface area (Å²) in [4.78, 5) is 22.3. The molecule has 0 aliphatic carbocycles. The Bertz CT molecular complexity index is 346. The van der Waals surface area contributed by atoms with Crippen molar-refractivity contribution in [2.45, 2.75) is 38.8 Å². The lowest BCUT2D eigenvalue weighted by atomic mass is 10.1. The second kappa shape index (κ2) is 9.27. The summed E-state index contributed by atoms with van der Waals surface area (Å²) in [6.07, 6.45) is 0.998. The number of nitrogens with two attached hydrogens (primary N) is 1. The lowest BCUT2D eigenvalue weighted by Gasteiger charge is -2.16. The number of hydrogen-bond acceptors (Lipinski definition) is 5. The van der Waals surface area contributed by atoms with Crippen molar-refractivity contribution in [3.63, 3.8) is 0 Å². The van der Waals surface area contributed by atoms with Crippen molar-refractivity contribution in [2.24, 2.45) is 11.7 Å². The molecule has 0 saturated carbocycles. The van der Waals surface area contributed by atoms with E-state index in [2.05, 4.69) is 16.0 Å². The van der Waals surface area contributed by atoms with E-state index in [0.29, 0.717) is 19.4 Å². The highest BCUT2D eigenvalue weighted by molar-refractivity contribution is 5.97. The van der Waals surface area contributed by atoms with Crippen molar-refractivity contribution in [3.05, 3.63) is 0 Å². The SMILES string of the molecule is CN[C@@H](CCCNC(=N)NC(=O)[C@@H](N)C(C)C)C(=O)O. The molecule has 8 heteroatoms. The van der Waals surface area contributed by atoms with Gasteiger partial charge in [0, 0.05) is 6.54 Å². The van der Waals surface area contributed by atoms with Crippen LogP contribution < -0.4 is 21.7 Å². The molecule has 0 aliphatic heterocycles. The van der Waals surface area contributed by atoms with Gasteiger partial charge in [-0.2, -0.15) is 0 Å². The third kappa shape index (κ3) is 7.05. The van der Waals surface area contributed by atoms with E-state index in [1.54, 1.807) is 7.05 Å². The summed E-state index contributed by atoms with van der Waals surface area (Å²) in [6.45, 7) is 4.05. The molecule has 0 unspecified atom stereocenters. The van der Waals surface area contributed by atoms with Gasteiger partial charge < -0.3 is 21.5 Å². The van der Waals surface area contributed by atoms with Gasteiger partial charge in [0.25, 0.3) is 0 Å². The second-order valence-corrected chi connectivity index (χ2v) is 4.88. The predicted molar refractivity (Wildman–Crippen MR) is 76.4 cm³/mol.